The van der Waals surface area contributed by atoms with Gasteiger partial charge < -0.3 is 9.84 Å². The predicted octanol–water partition coefficient (Wildman–Crippen LogP) is -0.0390. The maximum Gasteiger partial charge on any atom is 0.147 e. The number of rotatable bonds is 3. The normalized spacial score (nSPS) is 35.2. The van der Waals surface area contributed by atoms with E-state index < -0.39 is 15.4 Å². The highest BCUT2D eigenvalue weighted by Crippen LogP contribution is 2.29. The quantitative estimate of drug-likeness (QED) is 0.707. The van der Waals surface area contributed by atoms with Crippen molar-refractivity contribution in [1.82, 2.24) is 0 Å². The molecule has 1 aliphatic heterocycles. The van der Waals surface area contributed by atoms with E-state index in [9.17, 15) is 13.5 Å². The molecule has 0 saturated carbocycles. The molecule has 4 nitrogen and oxygen atoms in total. The van der Waals surface area contributed by atoms with Crippen molar-refractivity contribution in [2.45, 2.75) is 31.5 Å². The summed E-state index contributed by atoms with van der Waals surface area (Å²) in [6, 6.07) is 0. The van der Waals surface area contributed by atoms with Gasteiger partial charge >= 0.3 is 0 Å². The Hall–Kier alpha value is -0.130. The number of hydrogen-bond acceptors (Lipinski definition) is 4. The van der Waals surface area contributed by atoms with Crippen molar-refractivity contribution in [3.05, 3.63) is 0 Å². The lowest BCUT2D eigenvalue weighted by atomic mass is 9.94. The molecule has 1 heterocycles. The molecule has 13 heavy (non-hydrogen) atoms. The van der Waals surface area contributed by atoms with Crippen LogP contribution in [0.1, 0.15) is 19.8 Å². The number of aliphatic hydroxyl groups is 1. The minimum Gasteiger partial charge on any atom is -0.387 e. The van der Waals surface area contributed by atoms with Crippen molar-refractivity contribution in [2.24, 2.45) is 0 Å². The minimum absolute atomic E-state index is 0.0250. The van der Waals surface area contributed by atoms with Gasteiger partial charge in [0.2, 0.25) is 0 Å². The van der Waals surface area contributed by atoms with Crippen LogP contribution in [0.15, 0.2) is 0 Å². The van der Waals surface area contributed by atoms with Crippen molar-refractivity contribution in [3.63, 3.8) is 0 Å². The molecule has 0 radical (unpaired) electrons. The lowest BCUT2D eigenvalue weighted by molar-refractivity contribution is -0.0291. The van der Waals surface area contributed by atoms with Crippen LogP contribution in [0.3, 0.4) is 0 Å². The van der Waals surface area contributed by atoms with Crippen LogP contribution in [0.2, 0.25) is 0 Å². The van der Waals surface area contributed by atoms with E-state index in [4.69, 9.17) is 4.74 Å². The Bertz CT molecular complexity index is 272. The van der Waals surface area contributed by atoms with E-state index in [1.54, 1.807) is 6.92 Å². The van der Waals surface area contributed by atoms with Gasteiger partial charge in [-0.05, 0) is 13.3 Å². The lowest BCUT2D eigenvalue weighted by Crippen LogP contribution is -2.37. The smallest absolute Gasteiger partial charge is 0.147 e. The van der Waals surface area contributed by atoms with Crippen LogP contribution in [-0.2, 0) is 14.6 Å². The first kappa shape index (κ1) is 10.9. The summed E-state index contributed by atoms with van der Waals surface area (Å²) in [7, 11) is -2.99. The van der Waals surface area contributed by atoms with Gasteiger partial charge in [-0.2, -0.15) is 0 Å². The maximum absolute atomic E-state index is 10.9. The lowest BCUT2D eigenvalue weighted by Gasteiger charge is -2.25. The van der Waals surface area contributed by atoms with Crippen molar-refractivity contribution in [2.75, 3.05) is 18.6 Å². The van der Waals surface area contributed by atoms with E-state index in [0.29, 0.717) is 13.0 Å². The molecular formula is C8H16O4S. The van der Waals surface area contributed by atoms with Gasteiger partial charge in [0.15, 0.2) is 0 Å². The second-order valence-electron chi connectivity index (χ2n) is 3.75. The third kappa shape index (κ3) is 2.93. The summed E-state index contributed by atoms with van der Waals surface area (Å²) in [5, 5.41) is 9.93. The van der Waals surface area contributed by atoms with Gasteiger partial charge in [0.1, 0.15) is 9.84 Å². The molecule has 78 valence electrons. The first-order valence-electron chi connectivity index (χ1n) is 4.35. The minimum atomic E-state index is -2.99. The molecular weight excluding hydrogens is 192 g/mol. The fourth-order valence-electron chi connectivity index (χ4n) is 1.46. The highest BCUT2D eigenvalue weighted by molar-refractivity contribution is 7.90. The summed E-state index contributed by atoms with van der Waals surface area (Å²) in [6.45, 7) is 2.29. The summed E-state index contributed by atoms with van der Waals surface area (Å²) < 4.78 is 27.0. The molecule has 0 spiro atoms. The Labute approximate surface area is 78.8 Å². The van der Waals surface area contributed by atoms with Gasteiger partial charge in [0.25, 0.3) is 0 Å². The molecule has 1 rings (SSSR count). The summed E-state index contributed by atoms with van der Waals surface area (Å²) >= 11 is 0. The van der Waals surface area contributed by atoms with Crippen molar-refractivity contribution < 1.29 is 18.3 Å². The summed E-state index contributed by atoms with van der Waals surface area (Å²) in [5.74, 6) is 0.0250. The molecule has 0 aromatic rings. The zero-order valence-electron chi connectivity index (χ0n) is 7.99. The molecule has 2 atom stereocenters. The Balaban J connectivity index is 2.53. The molecule has 2 unspecified atom stereocenters. The van der Waals surface area contributed by atoms with Gasteiger partial charge in [-0.3, -0.25) is 0 Å². The zero-order chi connectivity index (χ0) is 10.1. The zero-order valence-corrected chi connectivity index (χ0v) is 8.80. The first-order valence-corrected chi connectivity index (χ1v) is 6.41. The van der Waals surface area contributed by atoms with Gasteiger partial charge in [0, 0.05) is 19.3 Å². The number of ether oxygens (including phenoxy) is 1. The van der Waals surface area contributed by atoms with Gasteiger partial charge in [-0.1, -0.05) is 0 Å². The third-order valence-electron chi connectivity index (χ3n) is 2.57. The molecule has 0 aromatic heterocycles. The van der Waals surface area contributed by atoms with Crippen LogP contribution >= 0.6 is 0 Å². The SMILES string of the molecule is CC1OCCC1(O)CCS(C)(=O)=O. The van der Waals surface area contributed by atoms with Crippen LogP contribution in [0.5, 0.6) is 0 Å². The second kappa shape index (κ2) is 3.55. The van der Waals surface area contributed by atoms with Gasteiger partial charge in [-0.25, -0.2) is 8.42 Å². The molecule has 1 N–H and O–H groups in total. The topological polar surface area (TPSA) is 63.6 Å². The predicted molar refractivity (Wildman–Crippen MR) is 49.3 cm³/mol. The molecule has 5 heteroatoms. The van der Waals surface area contributed by atoms with E-state index in [-0.39, 0.29) is 18.3 Å². The fraction of sp³-hybridized carbons (Fsp3) is 1.00. The average molecular weight is 208 g/mol. The third-order valence-corrected chi connectivity index (χ3v) is 3.51. The van der Waals surface area contributed by atoms with Crippen LogP contribution in [0.4, 0.5) is 0 Å². The highest BCUT2D eigenvalue weighted by Gasteiger charge is 2.39. The Morgan fingerprint density at radius 1 is 1.62 bits per heavy atom. The van der Waals surface area contributed by atoms with E-state index in [1.165, 1.54) is 6.26 Å². The monoisotopic (exact) mass is 208 g/mol. The van der Waals surface area contributed by atoms with E-state index in [1.807, 2.05) is 0 Å². The van der Waals surface area contributed by atoms with E-state index in [0.717, 1.165) is 0 Å². The van der Waals surface area contributed by atoms with Gasteiger partial charge in [-0.15, -0.1) is 0 Å². The standard InChI is InChI=1S/C8H16O4S/c1-7-8(9,3-5-12-7)4-6-13(2,10)11/h7,9H,3-6H2,1-2H3. The summed E-state index contributed by atoms with van der Waals surface area (Å²) in [4.78, 5) is 0. The molecule has 1 aliphatic rings. The Morgan fingerprint density at radius 2 is 2.23 bits per heavy atom. The van der Waals surface area contributed by atoms with Crippen LogP contribution < -0.4 is 0 Å². The molecule has 0 aromatic carbocycles. The van der Waals surface area contributed by atoms with Crippen LogP contribution in [0, 0.1) is 0 Å². The fourth-order valence-corrected chi connectivity index (χ4v) is 2.19. The van der Waals surface area contributed by atoms with Crippen molar-refractivity contribution >= 4 is 9.84 Å². The largest absolute Gasteiger partial charge is 0.387 e. The summed E-state index contributed by atoms with van der Waals surface area (Å²) in [6.07, 6.45) is 1.72. The molecule has 0 amide bonds. The number of hydrogen-bond donors (Lipinski definition) is 1. The molecule has 1 fully saturated rings. The molecule has 0 bridgehead atoms. The maximum atomic E-state index is 10.9. The van der Waals surface area contributed by atoms with Gasteiger partial charge in [0.05, 0.1) is 17.5 Å². The molecule has 0 aliphatic carbocycles. The van der Waals surface area contributed by atoms with Crippen molar-refractivity contribution in [1.29, 1.82) is 0 Å². The molecule has 1 saturated heterocycles. The van der Waals surface area contributed by atoms with E-state index >= 15 is 0 Å². The first-order chi connectivity index (χ1) is 5.83. The van der Waals surface area contributed by atoms with Crippen molar-refractivity contribution in [3.8, 4) is 0 Å². The second-order valence-corrected chi connectivity index (χ2v) is 6.01. The summed E-state index contributed by atoms with van der Waals surface area (Å²) in [5.41, 5.74) is -0.941. The van der Waals surface area contributed by atoms with Crippen LogP contribution in [0.25, 0.3) is 0 Å². The van der Waals surface area contributed by atoms with E-state index in [2.05, 4.69) is 0 Å². The Morgan fingerprint density at radius 3 is 2.62 bits per heavy atom. The highest BCUT2D eigenvalue weighted by atomic mass is 32.2. The Kier molecular flexibility index (Phi) is 2.99. The number of sulfone groups is 1. The average Bonchev–Trinajstić information content (AvgIpc) is 2.29. The van der Waals surface area contributed by atoms with Crippen LogP contribution in [-0.4, -0.2) is 43.8 Å².